The minimum absolute atomic E-state index is 0.104. The lowest BCUT2D eigenvalue weighted by Crippen LogP contribution is -2.25. The second kappa shape index (κ2) is 12.6. The van der Waals surface area contributed by atoms with Gasteiger partial charge in [0.1, 0.15) is 33.6 Å². The predicted molar refractivity (Wildman–Crippen MR) is 146 cm³/mol. The first kappa shape index (κ1) is 28.0. The summed E-state index contributed by atoms with van der Waals surface area (Å²) in [4.78, 5) is 0. The first-order chi connectivity index (χ1) is 16.6. The smallest absolute Gasteiger partial charge is 0.137 e. The molecule has 3 aromatic rings. The number of rotatable bonds is 12. The Labute approximate surface area is 229 Å². The fourth-order valence-corrected chi connectivity index (χ4v) is 4.31. The lowest BCUT2D eigenvalue weighted by molar-refractivity contribution is 0.0881. The molecule has 2 atom stereocenters. The summed E-state index contributed by atoms with van der Waals surface area (Å²) >= 11 is 14.4. The van der Waals surface area contributed by atoms with Crippen molar-refractivity contribution in [3.63, 3.8) is 0 Å². The summed E-state index contributed by atoms with van der Waals surface area (Å²) in [6.45, 7) is 6.95. The van der Waals surface area contributed by atoms with Crippen molar-refractivity contribution in [2.24, 2.45) is 5.92 Å². The summed E-state index contributed by atoms with van der Waals surface area (Å²) in [5.41, 5.74) is 2.35. The number of aliphatic hydroxyl groups excluding tert-OH is 2. The second-order valence-electron chi connectivity index (χ2n) is 9.00. The van der Waals surface area contributed by atoms with Crippen molar-refractivity contribution in [2.75, 3.05) is 19.1 Å². The zero-order valence-electron chi connectivity index (χ0n) is 19.9. The summed E-state index contributed by atoms with van der Waals surface area (Å²) in [6.07, 6.45) is -0.775. The molecule has 0 spiro atoms. The lowest BCUT2D eigenvalue weighted by atomic mass is 9.78. The number of halogens is 3. The quantitative estimate of drug-likeness (QED) is 0.215. The SMILES string of the molecule is CC(CCl)COc1ccc(C(C)(C)c2ccc(OCC(O)Cn3nnc(CO)c3[123I])cc2)cc1Cl. The van der Waals surface area contributed by atoms with Crippen molar-refractivity contribution in [3.05, 3.63) is 68.0 Å². The summed E-state index contributed by atoms with van der Waals surface area (Å²) in [5, 5.41) is 27.9. The molecule has 0 amide bonds. The molecule has 0 radical (unpaired) electrons. The monoisotopic (exact) mass is 629 g/mol. The maximum absolute atomic E-state index is 10.3. The van der Waals surface area contributed by atoms with E-state index < -0.39 is 6.10 Å². The van der Waals surface area contributed by atoms with Crippen LogP contribution in [0, 0.1) is 9.62 Å². The minimum Gasteiger partial charge on any atom is -0.492 e. The van der Waals surface area contributed by atoms with E-state index in [1.54, 1.807) is 4.68 Å². The van der Waals surface area contributed by atoms with Gasteiger partial charge in [0.25, 0.3) is 0 Å². The molecule has 0 fully saturated rings. The van der Waals surface area contributed by atoms with Gasteiger partial charge in [0.2, 0.25) is 0 Å². The number of hydrogen-bond acceptors (Lipinski definition) is 6. The summed E-state index contributed by atoms with van der Waals surface area (Å²) in [5.74, 6) is 2.09. The molecule has 0 bridgehead atoms. The number of alkyl halides is 1. The van der Waals surface area contributed by atoms with Crippen molar-refractivity contribution in [2.45, 2.75) is 45.4 Å². The molecule has 2 unspecified atom stereocenters. The van der Waals surface area contributed by atoms with E-state index in [1.165, 1.54) is 0 Å². The average Bonchev–Trinajstić information content (AvgIpc) is 3.20. The third-order valence-corrected chi connectivity index (χ3v) is 7.73. The number of aromatic nitrogens is 3. The Kier molecular flexibility index (Phi) is 10.1. The molecule has 7 nitrogen and oxygen atoms in total. The Morgan fingerprint density at radius 2 is 1.77 bits per heavy atom. The van der Waals surface area contributed by atoms with Crippen molar-refractivity contribution < 1.29 is 19.7 Å². The number of aliphatic hydroxyl groups is 2. The molecule has 2 aromatic carbocycles. The Hall–Kier alpha value is -1.59. The van der Waals surface area contributed by atoms with Crippen LogP contribution in [0.4, 0.5) is 0 Å². The van der Waals surface area contributed by atoms with Crippen LogP contribution in [-0.4, -0.2) is 50.4 Å². The second-order valence-corrected chi connectivity index (χ2v) is 10.7. The van der Waals surface area contributed by atoms with Crippen LogP contribution in [0.15, 0.2) is 42.5 Å². The van der Waals surface area contributed by atoms with Crippen molar-refractivity contribution >= 4 is 45.8 Å². The van der Waals surface area contributed by atoms with Gasteiger partial charge in [-0.15, -0.1) is 16.7 Å². The highest BCUT2D eigenvalue weighted by molar-refractivity contribution is 14.1. The number of ether oxygens (including phenoxy) is 2. The maximum Gasteiger partial charge on any atom is 0.137 e. The van der Waals surface area contributed by atoms with E-state index >= 15 is 0 Å². The van der Waals surface area contributed by atoms with Gasteiger partial charge in [-0.2, -0.15) is 0 Å². The third-order valence-electron chi connectivity index (χ3n) is 5.73. The van der Waals surface area contributed by atoms with E-state index in [2.05, 4.69) is 24.2 Å². The van der Waals surface area contributed by atoms with Crippen LogP contribution in [0.1, 0.15) is 37.6 Å². The highest BCUT2D eigenvalue weighted by Crippen LogP contribution is 2.36. The average molecular weight is 630 g/mol. The van der Waals surface area contributed by atoms with Crippen molar-refractivity contribution in [1.82, 2.24) is 15.0 Å². The van der Waals surface area contributed by atoms with Crippen molar-refractivity contribution in [3.8, 4) is 11.5 Å². The minimum atomic E-state index is -0.775. The van der Waals surface area contributed by atoms with E-state index in [1.807, 2.05) is 72.0 Å². The van der Waals surface area contributed by atoms with Gasteiger partial charge in [0, 0.05) is 17.2 Å². The van der Waals surface area contributed by atoms with Gasteiger partial charge in [-0.1, -0.05) is 55.8 Å². The number of nitrogens with zero attached hydrogens (tertiary/aromatic N) is 3. The fraction of sp³-hybridized carbons (Fsp3) is 0.440. The zero-order chi connectivity index (χ0) is 25.6. The molecule has 190 valence electrons. The van der Waals surface area contributed by atoms with Gasteiger partial charge in [0.05, 0.1) is 24.8 Å². The van der Waals surface area contributed by atoms with Crippen LogP contribution in [-0.2, 0) is 18.6 Å². The molecule has 0 aliphatic rings. The van der Waals surface area contributed by atoms with Crippen LogP contribution in [0.25, 0.3) is 0 Å². The van der Waals surface area contributed by atoms with Gasteiger partial charge in [-0.3, -0.25) is 0 Å². The van der Waals surface area contributed by atoms with Gasteiger partial charge < -0.3 is 19.7 Å². The summed E-state index contributed by atoms with van der Waals surface area (Å²) in [7, 11) is 0. The highest BCUT2D eigenvalue weighted by atomic mass is 123. The largest absolute Gasteiger partial charge is 0.492 e. The molecule has 10 heteroatoms. The number of benzene rings is 2. The van der Waals surface area contributed by atoms with Gasteiger partial charge in [-0.05, 0) is 58.0 Å². The molecule has 1 heterocycles. The number of hydrogen-bond donors (Lipinski definition) is 2. The zero-order valence-corrected chi connectivity index (χ0v) is 23.6. The van der Waals surface area contributed by atoms with Crippen LogP contribution < -0.4 is 9.47 Å². The summed E-state index contributed by atoms with van der Waals surface area (Å²) < 4.78 is 13.8. The van der Waals surface area contributed by atoms with Crippen LogP contribution in [0.5, 0.6) is 11.5 Å². The van der Waals surface area contributed by atoms with Crippen LogP contribution >= 0.6 is 45.8 Å². The van der Waals surface area contributed by atoms with E-state index in [-0.39, 0.29) is 31.1 Å². The molecule has 0 aliphatic carbocycles. The maximum atomic E-state index is 10.3. The molecule has 0 aliphatic heterocycles. The first-order valence-electron chi connectivity index (χ1n) is 11.2. The molecule has 35 heavy (non-hydrogen) atoms. The molecule has 0 saturated heterocycles. The Balaban J connectivity index is 1.60. The van der Waals surface area contributed by atoms with E-state index in [0.29, 0.717) is 38.4 Å². The molecule has 2 N–H and O–H groups in total. The molecular formula is C25H30Cl2IN3O4. The lowest BCUT2D eigenvalue weighted by Gasteiger charge is -2.27. The highest BCUT2D eigenvalue weighted by Gasteiger charge is 2.24. The van der Waals surface area contributed by atoms with Crippen LogP contribution in [0.3, 0.4) is 0 Å². The normalized spacial score (nSPS) is 13.5. The molecular weight excluding hydrogens is 600 g/mol. The van der Waals surface area contributed by atoms with Gasteiger partial charge in [-0.25, -0.2) is 4.68 Å². The molecule has 1 aromatic heterocycles. The van der Waals surface area contributed by atoms with Crippen molar-refractivity contribution in [1.29, 1.82) is 0 Å². The Bertz CT molecular complexity index is 1110. The van der Waals surface area contributed by atoms with E-state index in [9.17, 15) is 10.2 Å². The predicted octanol–water partition coefficient (Wildman–Crippen LogP) is 5.05. The first-order valence-corrected chi connectivity index (χ1v) is 13.2. The van der Waals surface area contributed by atoms with Gasteiger partial charge in [0.15, 0.2) is 0 Å². The molecule has 3 rings (SSSR count). The standard InChI is InChI=1S/C25H30Cl2IN3O4/c1-16(11-26)14-35-23-9-6-18(10-21(23)27)25(2,3)17-4-7-20(8-5-17)34-15-19(33)12-31-24(28)22(13-32)29-30-31/h4-10,16,19,32-33H,11-15H2,1-3H3/i28-4. The van der Waals surface area contributed by atoms with Gasteiger partial charge >= 0.3 is 0 Å². The Morgan fingerprint density at radius 1 is 1.09 bits per heavy atom. The topological polar surface area (TPSA) is 89.6 Å². The van der Waals surface area contributed by atoms with E-state index in [4.69, 9.17) is 32.7 Å². The summed E-state index contributed by atoms with van der Waals surface area (Å²) in [6, 6.07) is 13.7. The Morgan fingerprint density at radius 3 is 2.37 bits per heavy atom. The van der Waals surface area contributed by atoms with E-state index in [0.717, 1.165) is 11.1 Å². The molecule has 0 saturated carbocycles. The fourth-order valence-electron chi connectivity index (χ4n) is 3.41. The third kappa shape index (κ3) is 7.22. The van der Waals surface area contributed by atoms with Crippen LogP contribution in [0.2, 0.25) is 5.02 Å².